The van der Waals surface area contributed by atoms with Crippen LogP contribution in [0.15, 0.2) is 35.5 Å². The summed E-state index contributed by atoms with van der Waals surface area (Å²) in [6.45, 7) is 1.26. The largest absolute Gasteiger partial charge is 0.459 e. The maximum absolute atomic E-state index is 12.3. The van der Waals surface area contributed by atoms with Gasteiger partial charge < -0.3 is 14.2 Å². The van der Waals surface area contributed by atoms with Crippen LogP contribution in [0, 0.1) is 0 Å². The summed E-state index contributed by atoms with van der Waals surface area (Å²) in [4.78, 5) is 33.1. The van der Waals surface area contributed by atoms with E-state index in [-0.39, 0.29) is 31.1 Å². The number of carbonyl (C=O) groups excluding carboxylic acids is 2. The van der Waals surface area contributed by atoms with Crippen molar-refractivity contribution in [3.8, 4) is 0 Å². The van der Waals surface area contributed by atoms with E-state index in [9.17, 15) is 9.59 Å². The number of rotatable bonds is 7. The Kier molecular flexibility index (Phi) is 5.47. The molecule has 1 aliphatic heterocycles. The van der Waals surface area contributed by atoms with Crippen molar-refractivity contribution in [1.29, 1.82) is 0 Å². The second-order valence-corrected chi connectivity index (χ2v) is 5.44. The first-order valence-electron chi connectivity index (χ1n) is 7.93. The molecule has 7 nitrogen and oxygen atoms in total. The smallest absolute Gasteiger partial charge is 0.353 e. The lowest BCUT2D eigenvalue weighted by molar-refractivity contribution is -0.137. The van der Waals surface area contributed by atoms with Crippen LogP contribution >= 0.6 is 0 Å². The Morgan fingerprint density at radius 2 is 2.00 bits per heavy atom. The summed E-state index contributed by atoms with van der Waals surface area (Å²) in [5.74, 6) is -0.775. The van der Waals surface area contributed by atoms with Crippen LogP contribution < -0.4 is 0 Å². The van der Waals surface area contributed by atoms with Crippen molar-refractivity contribution < 1.29 is 23.8 Å². The number of hydrogen-bond acceptors (Lipinski definition) is 7. The van der Waals surface area contributed by atoms with Crippen LogP contribution in [-0.2, 0) is 19.0 Å². The molecule has 7 heteroatoms. The average Bonchev–Trinajstić information content (AvgIpc) is 2.64. The van der Waals surface area contributed by atoms with E-state index in [1.54, 1.807) is 19.4 Å². The number of Topliss-reactive ketones (excluding diaryl/α,β-unsaturated/α-hetero) is 1. The van der Waals surface area contributed by atoms with E-state index in [1.165, 1.54) is 0 Å². The van der Waals surface area contributed by atoms with Gasteiger partial charge in [0.05, 0.1) is 31.8 Å². The van der Waals surface area contributed by atoms with Crippen LogP contribution in [0.5, 0.6) is 0 Å². The number of fused-ring (bicyclic) bond motifs is 3. The molecular formula is C18H18N2O5. The predicted octanol–water partition coefficient (Wildman–Crippen LogP) is 2.10. The van der Waals surface area contributed by atoms with Crippen LogP contribution in [0.2, 0.25) is 0 Å². The van der Waals surface area contributed by atoms with Gasteiger partial charge in [-0.25, -0.2) is 9.79 Å². The number of benzene rings is 1. The van der Waals surface area contributed by atoms with Gasteiger partial charge >= 0.3 is 5.97 Å². The van der Waals surface area contributed by atoms with E-state index in [1.807, 2.05) is 18.2 Å². The molecule has 25 heavy (non-hydrogen) atoms. The fourth-order valence-electron chi connectivity index (χ4n) is 2.53. The fraction of sp³-hybridized carbons (Fsp3) is 0.333. The number of esters is 1. The Balaban J connectivity index is 1.73. The van der Waals surface area contributed by atoms with Crippen molar-refractivity contribution in [2.45, 2.75) is 6.42 Å². The maximum Gasteiger partial charge on any atom is 0.353 e. The van der Waals surface area contributed by atoms with Gasteiger partial charge in [-0.15, -0.1) is 0 Å². The maximum atomic E-state index is 12.3. The summed E-state index contributed by atoms with van der Waals surface area (Å²) in [7, 11) is 1.58. The molecule has 2 heterocycles. The number of nitrogens with zero attached hydrogens (tertiary/aromatic N) is 2. The number of carbonyl (C=O) groups is 2. The summed E-state index contributed by atoms with van der Waals surface area (Å²) in [6.07, 6.45) is 1.56. The van der Waals surface area contributed by atoms with Crippen LogP contribution in [0.25, 0.3) is 10.9 Å². The zero-order valence-electron chi connectivity index (χ0n) is 13.9. The van der Waals surface area contributed by atoms with E-state index in [0.29, 0.717) is 30.0 Å². The average molecular weight is 342 g/mol. The summed E-state index contributed by atoms with van der Waals surface area (Å²) < 4.78 is 15.2. The van der Waals surface area contributed by atoms with Gasteiger partial charge in [-0.1, -0.05) is 12.1 Å². The van der Waals surface area contributed by atoms with E-state index >= 15 is 0 Å². The third-order valence-corrected chi connectivity index (χ3v) is 3.75. The number of methoxy groups -OCH3 is 1. The van der Waals surface area contributed by atoms with Crippen molar-refractivity contribution in [2.24, 2.45) is 4.99 Å². The molecule has 1 aliphatic rings. The van der Waals surface area contributed by atoms with Crippen molar-refractivity contribution in [1.82, 2.24) is 4.98 Å². The summed E-state index contributed by atoms with van der Waals surface area (Å²) in [5.41, 5.74) is 1.59. The van der Waals surface area contributed by atoms with Crippen molar-refractivity contribution in [3.63, 3.8) is 0 Å². The quantitative estimate of drug-likeness (QED) is 0.566. The molecule has 0 saturated carbocycles. The van der Waals surface area contributed by atoms with Gasteiger partial charge in [-0.2, -0.15) is 0 Å². The highest BCUT2D eigenvalue weighted by Crippen LogP contribution is 2.32. The van der Waals surface area contributed by atoms with Crippen LogP contribution in [0.3, 0.4) is 0 Å². The van der Waals surface area contributed by atoms with Crippen molar-refractivity contribution in [2.75, 3.05) is 33.5 Å². The number of hydrogen-bond donors (Lipinski definition) is 0. The second-order valence-electron chi connectivity index (χ2n) is 5.44. The first-order valence-corrected chi connectivity index (χ1v) is 7.93. The SMILES string of the molecule is COCCOCCOC(=O)C1=Nc2c(ccc3cccnc23)C(=O)C1. The minimum absolute atomic E-state index is 0.0747. The molecular weight excluding hydrogens is 324 g/mol. The molecule has 130 valence electrons. The van der Waals surface area contributed by atoms with Gasteiger partial charge in [0.15, 0.2) is 5.78 Å². The lowest BCUT2D eigenvalue weighted by Crippen LogP contribution is -2.25. The summed E-state index contributed by atoms with van der Waals surface area (Å²) in [5, 5.41) is 0.860. The molecule has 0 amide bonds. The molecule has 0 N–H and O–H groups in total. The third kappa shape index (κ3) is 3.89. The zero-order valence-corrected chi connectivity index (χ0v) is 13.9. The van der Waals surface area contributed by atoms with Crippen LogP contribution in [0.1, 0.15) is 16.8 Å². The van der Waals surface area contributed by atoms with Gasteiger partial charge in [0, 0.05) is 24.3 Å². The van der Waals surface area contributed by atoms with Gasteiger partial charge in [0.2, 0.25) is 0 Å². The fourth-order valence-corrected chi connectivity index (χ4v) is 2.53. The molecule has 0 atom stereocenters. The van der Waals surface area contributed by atoms with Gasteiger partial charge in [0.25, 0.3) is 0 Å². The molecule has 3 rings (SSSR count). The molecule has 1 aromatic carbocycles. The number of aromatic nitrogens is 1. The molecule has 0 saturated heterocycles. The molecule has 0 radical (unpaired) electrons. The minimum atomic E-state index is -0.609. The monoisotopic (exact) mass is 342 g/mol. The van der Waals surface area contributed by atoms with Crippen LogP contribution in [0.4, 0.5) is 5.69 Å². The van der Waals surface area contributed by atoms with E-state index in [0.717, 1.165) is 5.39 Å². The van der Waals surface area contributed by atoms with Gasteiger partial charge in [-0.3, -0.25) is 9.78 Å². The molecule has 0 fully saturated rings. The minimum Gasteiger partial charge on any atom is -0.459 e. The molecule has 0 unspecified atom stereocenters. The molecule has 0 bridgehead atoms. The highest BCUT2D eigenvalue weighted by Gasteiger charge is 2.26. The third-order valence-electron chi connectivity index (χ3n) is 3.75. The number of aliphatic imine (C=N–C) groups is 1. The van der Waals surface area contributed by atoms with E-state index < -0.39 is 5.97 Å². The van der Waals surface area contributed by atoms with Crippen molar-refractivity contribution in [3.05, 3.63) is 36.0 Å². The lowest BCUT2D eigenvalue weighted by atomic mass is 9.98. The Bertz CT molecular complexity index is 831. The summed E-state index contributed by atoms with van der Waals surface area (Å²) >= 11 is 0. The van der Waals surface area contributed by atoms with Gasteiger partial charge in [0.1, 0.15) is 18.0 Å². The number of ether oxygens (including phenoxy) is 3. The van der Waals surface area contributed by atoms with Gasteiger partial charge in [-0.05, 0) is 12.1 Å². The Morgan fingerprint density at radius 1 is 1.16 bits per heavy atom. The molecule has 0 aliphatic carbocycles. The predicted molar refractivity (Wildman–Crippen MR) is 91.4 cm³/mol. The van der Waals surface area contributed by atoms with Crippen molar-refractivity contribution >= 4 is 34.1 Å². The van der Waals surface area contributed by atoms with E-state index in [4.69, 9.17) is 14.2 Å². The lowest BCUT2D eigenvalue weighted by Gasteiger charge is -2.15. The Hall–Kier alpha value is -2.64. The Labute approximate surface area is 144 Å². The standard InChI is InChI=1S/C18H18N2O5/c1-23-7-8-24-9-10-25-18(22)14-11-15(21)13-5-4-12-3-2-6-19-16(12)17(13)20-14/h2-6H,7-11H2,1H3. The zero-order chi connectivity index (χ0) is 17.6. The normalized spacial score (nSPS) is 13.5. The Morgan fingerprint density at radius 3 is 2.84 bits per heavy atom. The topological polar surface area (TPSA) is 87.1 Å². The second kappa shape index (κ2) is 7.96. The first-order chi connectivity index (χ1) is 12.2. The molecule has 2 aromatic rings. The molecule has 1 aromatic heterocycles. The number of pyridine rings is 1. The first kappa shape index (κ1) is 17.2. The number of ketones is 1. The van der Waals surface area contributed by atoms with Crippen LogP contribution in [-0.4, -0.2) is 56.0 Å². The highest BCUT2D eigenvalue weighted by molar-refractivity contribution is 6.43. The van der Waals surface area contributed by atoms with E-state index in [2.05, 4.69) is 9.98 Å². The highest BCUT2D eigenvalue weighted by atomic mass is 16.6. The molecule has 0 spiro atoms. The summed E-state index contributed by atoms with van der Waals surface area (Å²) in [6, 6.07) is 7.24.